The lowest BCUT2D eigenvalue weighted by Crippen LogP contribution is -2.24. The molecule has 0 saturated carbocycles. The van der Waals surface area contributed by atoms with E-state index in [1.807, 2.05) is 13.0 Å². The number of carboxylic acids is 1. The summed E-state index contributed by atoms with van der Waals surface area (Å²) in [6.07, 6.45) is 0.673. The fourth-order valence-corrected chi connectivity index (χ4v) is 2.60. The smallest absolute Gasteiger partial charge is 0.303 e. The highest BCUT2D eigenvalue weighted by atomic mass is 16.5. The number of carbonyl (C=O) groups is 1. The van der Waals surface area contributed by atoms with Crippen molar-refractivity contribution in [2.24, 2.45) is 5.92 Å². The van der Waals surface area contributed by atoms with E-state index in [-0.39, 0.29) is 12.3 Å². The van der Waals surface area contributed by atoms with E-state index in [4.69, 9.17) is 9.84 Å². The van der Waals surface area contributed by atoms with Crippen LogP contribution in [0.1, 0.15) is 35.8 Å². The van der Waals surface area contributed by atoms with Crippen LogP contribution in [0.3, 0.4) is 0 Å². The normalized spacial score (nSPS) is 22.4. The zero-order chi connectivity index (χ0) is 13.3. The number of nitrogens with zero attached hydrogens (tertiary/aromatic N) is 1. The fraction of sp³-hybridized carbons (Fsp3) is 0.538. The summed E-state index contributed by atoms with van der Waals surface area (Å²) in [6.45, 7) is 1.81. The van der Waals surface area contributed by atoms with Crippen LogP contribution in [0.2, 0.25) is 0 Å². The second-order valence-electron chi connectivity index (χ2n) is 4.66. The van der Waals surface area contributed by atoms with Gasteiger partial charge in [0.2, 0.25) is 5.88 Å². The molecule has 2 unspecified atom stereocenters. The molecular weight excluding hydrogens is 234 g/mol. The highest BCUT2D eigenvalue weighted by Crippen LogP contribution is 2.38. The van der Waals surface area contributed by atoms with E-state index >= 15 is 0 Å². The number of rotatable bonds is 3. The molecule has 18 heavy (non-hydrogen) atoms. The summed E-state index contributed by atoms with van der Waals surface area (Å²) in [7, 11) is 1.56. The largest absolute Gasteiger partial charge is 0.481 e. The fourth-order valence-electron chi connectivity index (χ4n) is 2.60. The number of pyridine rings is 1. The molecule has 2 rings (SSSR count). The molecular formula is C13H17NO4. The Balaban J connectivity index is 2.34. The van der Waals surface area contributed by atoms with Gasteiger partial charge in [0.1, 0.15) is 0 Å². The first-order valence-corrected chi connectivity index (χ1v) is 5.97. The van der Waals surface area contributed by atoms with E-state index in [0.717, 1.165) is 17.5 Å². The van der Waals surface area contributed by atoms with Crippen LogP contribution in [-0.4, -0.2) is 28.3 Å². The van der Waals surface area contributed by atoms with Crippen LogP contribution in [0.25, 0.3) is 0 Å². The van der Waals surface area contributed by atoms with E-state index < -0.39 is 12.1 Å². The Labute approximate surface area is 105 Å². The lowest BCUT2D eigenvalue weighted by molar-refractivity contribution is -0.139. The van der Waals surface area contributed by atoms with Gasteiger partial charge >= 0.3 is 5.97 Å². The van der Waals surface area contributed by atoms with Crippen molar-refractivity contribution in [1.82, 2.24) is 4.98 Å². The number of hydrogen-bond acceptors (Lipinski definition) is 4. The average Bonchev–Trinajstić information content (AvgIpc) is 2.31. The Morgan fingerprint density at radius 3 is 2.94 bits per heavy atom. The third-order valence-electron chi connectivity index (χ3n) is 3.48. The zero-order valence-electron chi connectivity index (χ0n) is 10.5. The van der Waals surface area contributed by atoms with Crippen molar-refractivity contribution < 1.29 is 19.7 Å². The standard InChI is InChI=1S/C13H17NO4/c1-7-12-8(5-10(14-7)18-2)3-4-9(13(12)17)6-11(15)16/h5,9,13,17H,3-4,6H2,1-2H3,(H,15,16). The van der Waals surface area contributed by atoms with Gasteiger partial charge in [0.15, 0.2) is 0 Å². The molecule has 0 radical (unpaired) electrons. The van der Waals surface area contributed by atoms with Gasteiger partial charge in [-0.15, -0.1) is 0 Å². The predicted octanol–water partition coefficient (Wildman–Crippen LogP) is 1.47. The topological polar surface area (TPSA) is 79.7 Å². The van der Waals surface area contributed by atoms with Crippen molar-refractivity contribution in [2.45, 2.75) is 32.3 Å². The number of aliphatic carboxylic acids is 1. The molecule has 0 bridgehead atoms. The van der Waals surface area contributed by atoms with Gasteiger partial charge in [0.05, 0.1) is 19.6 Å². The molecule has 1 aromatic heterocycles. The van der Waals surface area contributed by atoms with Crippen molar-refractivity contribution in [3.63, 3.8) is 0 Å². The van der Waals surface area contributed by atoms with E-state index in [9.17, 15) is 9.90 Å². The lowest BCUT2D eigenvalue weighted by Gasteiger charge is -2.30. The van der Waals surface area contributed by atoms with Crippen LogP contribution in [0.5, 0.6) is 5.88 Å². The lowest BCUT2D eigenvalue weighted by atomic mass is 9.79. The Hall–Kier alpha value is -1.62. The number of methoxy groups -OCH3 is 1. The summed E-state index contributed by atoms with van der Waals surface area (Å²) in [5.41, 5.74) is 2.49. The van der Waals surface area contributed by atoms with Gasteiger partial charge in [-0.05, 0) is 31.2 Å². The Morgan fingerprint density at radius 2 is 2.33 bits per heavy atom. The van der Waals surface area contributed by atoms with Crippen molar-refractivity contribution >= 4 is 5.97 Å². The molecule has 98 valence electrons. The van der Waals surface area contributed by atoms with Crippen LogP contribution >= 0.6 is 0 Å². The molecule has 0 spiro atoms. The second kappa shape index (κ2) is 4.94. The Morgan fingerprint density at radius 1 is 1.61 bits per heavy atom. The van der Waals surface area contributed by atoms with Crippen molar-refractivity contribution in [2.75, 3.05) is 7.11 Å². The number of carboxylic acid groups (broad SMARTS) is 1. The van der Waals surface area contributed by atoms with Crippen molar-refractivity contribution in [3.05, 3.63) is 22.9 Å². The summed E-state index contributed by atoms with van der Waals surface area (Å²) in [6, 6.07) is 1.82. The van der Waals surface area contributed by atoms with E-state index in [1.165, 1.54) is 0 Å². The molecule has 1 aromatic rings. The van der Waals surface area contributed by atoms with E-state index in [2.05, 4.69) is 4.98 Å². The average molecular weight is 251 g/mol. The molecule has 0 aliphatic heterocycles. The Bertz CT molecular complexity index is 472. The molecule has 0 saturated heterocycles. The first-order chi connectivity index (χ1) is 8.52. The number of aromatic nitrogens is 1. The second-order valence-corrected chi connectivity index (χ2v) is 4.66. The van der Waals surface area contributed by atoms with E-state index in [1.54, 1.807) is 7.11 Å². The maximum Gasteiger partial charge on any atom is 0.303 e. The SMILES string of the molecule is COc1cc2c(c(C)n1)C(O)C(CC(=O)O)CC2. The molecule has 5 nitrogen and oxygen atoms in total. The Kier molecular flexibility index (Phi) is 3.52. The number of aliphatic hydroxyl groups excluding tert-OH is 1. The van der Waals surface area contributed by atoms with Gasteiger partial charge < -0.3 is 14.9 Å². The third-order valence-corrected chi connectivity index (χ3v) is 3.48. The van der Waals surface area contributed by atoms with Gasteiger partial charge in [-0.1, -0.05) is 0 Å². The molecule has 0 fully saturated rings. The molecule has 0 aromatic carbocycles. The number of ether oxygens (including phenoxy) is 1. The third kappa shape index (κ3) is 2.31. The van der Waals surface area contributed by atoms with Crippen LogP contribution in [-0.2, 0) is 11.2 Å². The van der Waals surface area contributed by atoms with E-state index in [0.29, 0.717) is 18.0 Å². The molecule has 0 amide bonds. The van der Waals surface area contributed by atoms with Crippen LogP contribution < -0.4 is 4.74 Å². The monoisotopic (exact) mass is 251 g/mol. The van der Waals surface area contributed by atoms with Gasteiger partial charge in [-0.2, -0.15) is 0 Å². The maximum atomic E-state index is 10.8. The summed E-state index contributed by atoms with van der Waals surface area (Å²) >= 11 is 0. The molecule has 2 N–H and O–H groups in total. The van der Waals surface area contributed by atoms with Crippen LogP contribution in [0, 0.1) is 12.8 Å². The molecule has 1 aliphatic carbocycles. The minimum Gasteiger partial charge on any atom is -0.481 e. The van der Waals surface area contributed by atoms with Crippen molar-refractivity contribution in [1.29, 1.82) is 0 Å². The molecule has 2 atom stereocenters. The minimum atomic E-state index is -0.873. The quantitative estimate of drug-likeness (QED) is 0.850. The summed E-state index contributed by atoms with van der Waals surface area (Å²) in [4.78, 5) is 15.0. The first kappa shape index (κ1) is 12.8. The molecule has 1 aliphatic rings. The predicted molar refractivity (Wildman–Crippen MR) is 64.5 cm³/mol. The van der Waals surface area contributed by atoms with Gasteiger partial charge in [0.25, 0.3) is 0 Å². The number of aryl methyl sites for hydroxylation is 2. The molecule has 1 heterocycles. The van der Waals surface area contributed by atoms with Crippen LogP contribution in [0.15, 0.2) is 6.07 Å². The highest BCUT2D eigenvalue weighted by Gasteiger charge is 2.31. The number of aliphatic hydroxyl groups is 1. The summed E-state index contributed by atoms with van der Waals surface area (Å²) in [5, 5.41) is 19.1. The summed E-state index contributed by atoms with van der Waals surface area (Å²) < 4.78 is 5.10. The summed E-state index contributed by atoms with van der Waals surface area (Å²) in [5.74, 6) is -0.569. The van der Waals surface area contributed by atoms with Crippen molar-refractivity contribution in [3.8, 4) is 5.88 Å². The minimum absolute atomic E-state index is 0.00786. The number of fused-ring (bicyclic) bond motifs is 1. The first-order valence-electron chi connectivity index (χ1n) is 5.97. The van der Waals surface area contributed by atoms with Crippen LogP contribution in [0.4, 0.5) is 0 Å². The van der Waals surface area contributed by atoms with Gasteiger partial charge in [0, 0.05) is 17.3 Å². The van der Waals surface area contributed by atoms with Gasteiger partial charge in [-0.25, -0.2) is 4.98 Å². The highest BCUT2D eigenvalue weighted by molar-refractivity contribution is 5.67. The maximum absolute atomic E-state index is 10.8. The molecule has 5 heteroatoms. The van der Waals surface area contributed by atoms with Gasteiger partial charge in [-0.3, -0.25) is 4.79 Å². The zero-order valence-corrected chi connectivity index (χ0v) is 10.5. The number of hydrogen-bond donors (Lipinski definition) is 2.